The minimum Gasteiger partial charge on any atom is -0.496 e. The molecule has 1 amide bonds. The Bertz CT molecular complexity index is 655. The molecule has 4 heteroatoms. The minimum atomic E-state index is -0.0649. The maximum Gasteiger partial charge on any atom is 0.251 e. The van der Waals surface area contributed by atoms with Gasteiger partial charge in [0, 0.05) is 17.1 Å². The van der Waals surface area contributed by atoms with E-state index in [1.54, 1.807) is 13.2 Å². The normalized spacial score (nSPS) is 10.3. The lowest BCUT2D eigenvalue weighted by molar-refractivity contribution is 0.0953. The number of hydrogen-bond donors (Lipinski definition) is 1. The first kappa shape index (κ1) is 16.4. The molecular weight excluding hydrogens is 298 g/mol. The van der Waals surface area contributed by atoms with Crippen LogP contribution in [-0.2, 0) is 6.42 Å². The van der Waals surface area contributed by atoms with E-state index in [1.165, 1.54) is 0 Å². The van der Waals surface area contributed by atoms with Crippen molar-refractivity contribution in [3.05, 3.63) is 64.2 Å². The molecule has 0 aliphatic carbocycles. The van der Waals surface area contributed by atoms with Crippen LogP contribution in [0.5, 0.6) is 5.75 Å². The summed E-state index contributed by atoms with van der Waals surface area (Å²) < 4.78 is 5.19. The molecule has 0 aromatic heterocycles. The van der Waals surface area contributed by atoms with Gasteiger partial charge in [-0.2, -0.15) is 0 Å². The van der Waals surface area contributed by atoms with Crippen molar-refractivity contribution in [2.24, 2.45) is 0 Å². The summed E-state index contributed by atoms with van der Waals surface area (Å²) in [6, 6.07) is 13.2. The van der Waals surface area contributed by atoms with Gasteiger partial charge in [-0.1, -0.05) is 29.8 Å². The van der Waals surface area contributed by atoms with Crippen LogP contribution in [0.4, 0.5) is 0 Å². The number of amides is 1. The lowest BCUT2D eigenvalue weighted by Crippen LogP contribution is -2.24. The van der Waals surface area contributed by atoms with E-state index in [-0.39, 0.29) is 5.91 Å². The number of halogens is 1. The Morgan fingerprint density at radius 3 is 2.68 bits per heavy atom. The molecule has 0 unspecified atom stereocenters. The van der Waals surface area contributed by atoms with Gasteiger partial charge in [0.05, 0.1) is 7.11 Å². The van der Waals surface area contributed by atoms with Gasteiger partial charge >= 0.3 is 0 Å². The van der Waals surface area contributed by atoms with Crippen LogP contribution in [0.25, 0.3) is 0 Å². The number of carbonyl (C=O) groups excluding carboxylic acids is 1. The number of methoxy groups -OCH3 is 1. The Balaban J connectivity index is 1.83. The standard InChI is InChI=1S/C18H20ClNO2/c1-13-12-15(9-10-17(13)22-2)18(21)20-11-5-7-14-6-3-4-8-16(14)19/h3-4,6,8-10,12H,5,7,11H2,1-2H3,(H,20,21). The Labute approximate surface area is 136 Å². The molecule has 1 N–H and O–H groups in total. The Kier molecular flexibility index (Phi) is 5.84. The zero-order valence-electron chi connectivity index (χ0n) is 12.9. The van der Waals surface area contributed by atoms with Crippen LogP contribution in [0, 0.1) is 6.92 Å². The smallest absolute Gasteiger partial charge is 0.251 e. The third kappa shape index (κ3) is 4.25. The number of carbonyl (C=O) groups is 1. The minimum absolute atomic E-state index is 0.0649. The van der Waals surface area contributed by atoms with Gasteiger partial charge in [0.25, 0.3) is 5.91 Å². The van der Waals surface area contributed by atoms with E-state index >= 15 is 0 Å². The van der Waals surface area contributed by atoms with Crippen molar-refractivity contribution >= 4 is 17.5 Å². The zero-order chi connectivity index (χ0) is 15.9. The molecule has 2 rings (SSSR count). The molecule has 0 saturated heterocycles. The molecule has 3 nitrogen and oxygen atoms in total. The van der Waals surface area contributed by atoms with Crippen LogP contribution in [0.1, 0.15) is 27.9 Å². The molecule has 0 aliphatic heterocycles. The van der Waals surface area contributed by atoms with E-state index in [2.05, 4.69) is 5.32 Å². The van der Waals surface area contributed by atoms with Crippen LogP contribution in [0.2, 0.25) is 5.02 Å². The molecule has 0 heterocycles. The summed E-state index contributed by atoms with van der Waals surface area (Å²) in [5.41, 5.74) is 2.71. The summed E-state index contributed by atoms with van der Waals surface area (Å²) in [7, 11) is 1.62. The third-order valence-corrected chi connectivity index (χ3v) is 3.89. The largest absolute Gasteiger partial charge is 0.496 e. The lowest BCUT2D eigenvalue weighted by atomic mass is 10.1. The highest BCUT2D eigenvalue weighted by Crippen LogP contribution is 2.18. The monoisotopic (exact) mass is 317 g/mol. The second kappa shape index (κ2) is 7.85. The molecule has 116 valence electrons. The predicted octanol–water partition coefficient (Wildman–Crippen LogP) is 4.02. The first-order valence-corrected chi connectivity index (χ1v) is 7.66. The van der Waals surface area contributed by atoms with E-state index in [0.717, 1.165) is 34.7 Å². The van der Waals surface area contributed by atoms with Crippen molar-refractivity contribution in [1.29, 1.82) is 0 Å². The third-order valence-electron chi connectivity index (χ3n) is 3.52. The van der Waals surface area contributed by atoms with Crippen molar-refractivity contribution in [2.75, 3.05) is 13.7 Å². The van der Waals surface area contributed by atoms with Gasteiger partial charge in [0.2, 0.25) is 0 Å². The molecule has 0 spiro atoms. The Morgan fingerprint density at radius 1 is 1.23 bits per heavy atom. The van der Waals surface area contributed by atoms with Crippen LogP contribution in [0.15, 0.2) is 42.5 Å². The molecule has 0 atom stereocenters. The fourth-order valence-electron chi connectivity index (χ4n) is 2.30. The van der Waals surface area contributed by atoms with E-state index in [4.69, 9.17) is 16.3 Å². The van der Waals surface area contributed by atoms with E-state index < -0.39 is 0 Å². The number of benzene rings is 2. The molecule has 2 aromatic rings. The van der Waals surface area contributed by atoms with Gasteiger partial charge in [0.15, 0.2) is 0 Å². The molecule has 0 saturated carbocycles. The maximum atomic E-state index is 12.1. The van der Waals surface area contributed by atoms with E-state index in [9.17, 15) is 4.79 Å². The summed E-state index contributed by atoms with van der Waals surface area (Å²) in [6.45, 7) is 2.54. The van der Waals surface area contributed by atoms with Gasteiger partial charge < -0.3 is 10.1 Å². The summed E-state index contributed by atoms with van der Waals surface area (Å²) in [5, 5.41) is 3.71. The van der Waals surface area contributed by atoms with Gasteiger partial charge in [-0.05, 0) is 55.2 Å². The Morgan fingerprint density at radius 2 is 2.00 bits per heavy atom. The zero-order valence-corrected chi connectivity index (χ0v) is 13.6. The molecule has 2 aromatic carbocycles. The van der Waals surface area contributed by atoms with Crippen molar-refractivity contribution in [1.82, 2.24) is 5.32 Å². The van der Waals surface area contributed by atoms with Crippen molar-refractivity contribution in [3.8, 4) is 5.75 Å². The van der Waals surface area contributed by atoms with Crippen LogP contribution < -0.4 is 10.1 Å². The highest BCUT2D eigenvalue weighted by atomic mass is 35.5. The van der Waals surface area contributed by atoms with Crippen LogP contribution >= 0.6 is 11.6 Å². The number of rotatable bonds is 6. The molecule has 22 heavy (non-hydrogen) atoms. The van der Waals surface area contributed by atoms with E-state index in [0.29, 0.717) is 12.1 Å². The van der Waals surface area contributed by atoms with Crippen molar-refractivity contribution in [3.63, 3.8) is 0 Å². The summed E-state index contributed by atoms with van der Waals surface area (Å²) in [5.74, 6) is 0.722. The SMILES string of the molecule is COc1ccc(C(=O)NCCCc2ccccc2Cl)cc1C. The average Bonchev–Trinajstić information content (AvgIpc) is 2.52. The van der Waals surface area contributed by atoms with Crippen LogP contribution in [-0.4, -0.2) is 19.6 Å². The number of nitrogens with one attached hydrogen (secondary N) is 1. The first-order valence-electron chi connectivity index (χ1n) is 7.28. The molecular formula is C18H20ClNO2. The fraction of sp³-hybridized carbons (Fsp3) is 0.278. The van der Waals surface area contributed by atoms with Gasteiger partial charge in [-0.3, -0.25) is 4.79 Å². The molecule has 0 fully saturated rings. The number of ether oxygens (including phenoxy) is 1. The summed E-state index contributed by atoms with van der Waals surface area (Å²) in [6.07, 6.45) is 1.70. The highest BCUT2D eigenvalue weighted by Gasteiger charge is 2.07. The topological polar surface area (TPSA) is 38.3 Å². The lowest BCUT2D eigenvalue weighted by Gasteiger charge is -2.09. The highest BCUT2D eigenvalue weighted by molar-refractivity contribution is 6.31. The number of aryl methyl sites for hydroxylation is 2. The van der Waals surface area contributed by atoms with Gasteiger partial charge in [-0.25, -0.2) is 0 Å². The maximum absolute atomic E-state index is 12.1. The Hall–Kier alpha value is -2.00. The first-order chi connectivity index (χ1) is 10.6. The van der Waals surface area contributed by atoms with Gasteiger partial charge in [-0.15, -0.1) is 0 Å². The molecule has 0 bridgehead atoms. The molecule has 0 radical (unpaired) electrons. The summed E-state index contributed by atoms with van der Waals surface area (Å²) in [4.78, 5) is 12.1. The molecule has 0 aliphatic rings. The second-order valence-electron chi connectivity index (χ2n) is 5.14. The summed E-state index contributed by atoms with van der Waals surface area (Å²) >= 11 is 6.11. The fourth-order valence-corrected chi connectivity index (χ4v) is 2.53. The van der Waals surface area contributed by atoms with E-state index in [1.807, 2.05) is 43.3 Å². The van der Waals surface area contributed by atoms with Gasteiger partial charge in [0.1, 0.15) is 5.75 Å². The quantitative estimate of drug-likeness (QED) is 0.817. The van der Waals surface area contributed by atoms with Crippen LogP contribution in [0.3, 0.4) is 0 Å². The number of hydrogen-bond acceptors (Lipinski definition) is 2. The predicted molar refractivity (Wildman–Crippen MR) is 89.8 cm³/mol. The van der Waals surface area contributed by atoms with Crippen molar-refractivity contribution < 1.29 is 9.53 Å². The second-order valence-corrected chi connectivity index (χ2v) is 5.54. The average molecular weight is 318 g/mol. The van der Waals surface area contributed by atoms with Crippen molar-refractivity contribution in [2.45, 2.75) is 19.8 Å².